The van der Waals surface area contributed by atoms with E-state index in [0.717, 1.165) is 0 Å². The van der Waals surface area contributed by atoms with Crippen LogP contribution in [0.5, 0.6) is 0 Å². The minimum absolute atomic E-state index is 0.0182. The Hall–Kier alpha value is -1.10. The SMILES string of the molecule is CCC1(O)CN(C(=O)C2CC(=O)N(C(C)C)C2)C1. The lowest BCUT2D eigenvalue weighted by molar-refractivity contribution is -0.159. The summed E-state index contributed by atoms with van der Waals surface area (Å²) in [4.78, 5) is 27.4. The summed E-state index contributed by atoms with van der Waals surface area (Å²) in [7, 11) is 0. The van der Waals surface area contributed by atoms with Gasteiger partial charge in [0.1, 0.15) is 0 Å². The molecular weight excluding hydrogens is 232 g/mol. The Labute approximate surface area is 108 Å². The highest BCUT2D eigenvalue weighted by Gasteiger charge is 2.46. The van der Waals surface area contributed by atoms with E-state index in [1.165, 1.54) is 0 Å². The zero-order valence-corrected chi connectivity index (χ0v) is 11.3. The molecule has 2 aliphatic heterocycles. The van der Waals surface area contributed by atoms with Crippen molar-refractivity contribution in [3.05, 3.63) is 0 Å². The second-order valence-corrected chi connectivity index (χ2v) is 5.81. The minimum Gasteiger partial charge on any atom is -0.386 e. The molecule has 1 N–H and O–H groups in total. The highest BCUT2D eigenvalue weighted by molar-refractivity contribution is 5.89. The number of likely N-dealkylation sites (tertiary alicyclic amines) is 2. The number of hydrogen-bond acceptors (Lipinski definition) is 3. The van der Waals surface area contributed by atoms with Crippen LogP contribution in [-0.2, 0) is 9.59 Å². The molecule has 2 amide bonds. The number of nitrogens with zero attached hydrogens (tertiary/aromatic N) is 2. The molecular formula is C13H22N2O3. The Balaban J connectivity index is 1.91. The Morgan fingerprint density at radius 3 is 2.56 bits per heavy atom. The first-order chi connectivity index (χ1) is 8.36. The van der Waals surface area contributed by atoms with Crippen molar-refractivity contribution < 1.29 is 14.7 Å². The maximum atomic E-state index is 12.2. The van der Waals surface area contributed by atoms with E-state index < -0.39 is 5.60 Å². The predicted molar refractivity (Wildman–Crippen MR) is 66.8 cm³/mol. The Bertz CT molecular complexity index is 361. The van der Waals surface area contributed by atoms with Crippen LogP contribution in [0.3, 0.4) is 0 Å². The van der Waals surface area contributed by atoms with Crippen molar-refractivity contribution in [3.8, 4) is 0 Å². The Morgan fingerprint density at radius 1 is 1.50 bits per heavy atom. The quantitative estimate of drug-likeness (QED) is 0.784. The highest BCUT2D eigenvalue weighted by Crippen LogP contribution is 2.29. The highest BCUT2D eigenvalue weighted by atomic mass is 16.3. The van der Waals surface area contributed by atoms with Crippen LogP contribution in [-0.4, -0.2) is 58.0 Å². The molecule has 0 saturated carbocycles. The maximum absolute atomic E-state index is 12.2. The van der Waals surface area contributed by atoms with Gasteiger partial charge in [-0.15, -0.1) is 0 Å². The molecule has 0 spiro atoms. The average molecular weight is 254 g/mol. The van der Waals surface area contributed by atoms with Gasteiger partial charge in [-0.3, -0.25) is 9.59 Å². The zero-order valence-electron chi connectivity index (χ0n) is 11.3. The van der Waals surface area contributed by atoms with Crippen molar-refractivity contribution in [2.24, 2.45) is 5.92 Å². The van der Waals surface area contributed by atoms with Gasteiger partial charge in [0.2, 0.25) is 11.8 Å². The molecule has 102 valence electrons. The fourth-order valence-electron chi connectivity index (χ4n) is 2.70. The van der Waals surface area contributed by atoms with E-state index in [-0.39, 0.29) is 23.8 Å². The first-order valence-corrected chi connectivity index (χ1v) is 6.67. The van der Waals surface area contributed by atoms with Crippen molar-refractivity contribution in [1.29, 1.82) is 0 Å². The Morgan fingerprint density at radius 2 is 2.11 bits per heavy atom. The molecule has 2 saturated heterocycles. The Kier molecular flexibility index (Phi) is 3.36. The number of rotatable bonds is 3. The normalized spacial score (nSPS) is 26.7. The van der Waals surface area contributed by atoms with E-state index in [1.807, 2.05) is 20.8 Å². The van der Waals surface area contributed by atoms with E-state index in [0.29, 0.717) is 32.5 Å². The third-order valence-electron chi connectivity index (χ3n) is 4.07. The van der Waals surface area contributed by atoms with Gasteiger partial charge < -0.3 is 14.9 Å². The molecule has 0 aromatic heterocycles. The fraction of sp³-hybridized carbons (Fsp3) is 0.846. The molecule has 2 fully saturated rings. The molecule has 0 radical (unpaired) electrons. The van der Waals surface area contributed by atoms with Gasteiger partial charge in [0.15, 0.2) is 0 Å². The van der Waals surface area contributed by atoms with E-state index in [4.69, 9.17) is 0 Å². The summed E-state index contributed by atoms with van der Waals surface area (Å²) in [5, 5.41) is 9.90. The van der Waals surface area contributed by atoms with Crippen LogP contribution >= 0.6 is 0 Å². The molecule has 2 aliphatic rings. The van der Waals surface area contributed by atoms with E-state index in [1.54, 1.807) is 9.80 Å². The number of carbonyl (C=O) groups excluding carboxylic acids is 2. The predicted octanol–water partition coefficient (Wildman–Crippen LogP) is 0.227. The molecule has 0 aliphatic carbocycles. The number of carbonyl (C=O) groups is 2. The maximum Gasteiger partial charge on any atom is 0.228 e. The van der Waals surface area contributed by atoms with Crippen LogP contribution in [0.15, 0.2) is 0 Å². The van der Waals surface area contributed by atoms with Crippen LogP contribution in [0.4, 0.5) is 0 Å². The van der Waals surface area contributed by atoms with Gasteiger partial charge in [-0.1, -0.05) is 6.92 Å². The van der Waals surface area contributed by atoms with Gasteiger partial charge in [0, 0.05) is 19.0 Å². The van der Waals surface area contributed by atoms with Crippen molar-refractivity contribution >= 4 is 11.8 Å². The molecule has 2 heterocycles. The van der Waals surface area contributed by atoms with Crippen molar-refractivity contribution in [1.82, 2.24) is 9.80 Å². The number of amides is 2. The van der Waals surface area contributed by atoms with Crippen molar-refractivity contribution in [2.45, 2.75) is 45.3 Å². The van der Waals surface area contributed by atoms with Crippen LogP contribution in [0, 0.1) is 5.92 Å². The minimum atomic E-state index is -0.698. The molecule has 1 atom stereocenters. The molecule has 0 bridgehead atoms. The van der Waals surface area contributed by atoms with E-state index in [9.17, 15) is 14.7 Å². The molecule has 0 aromatic carbocycles. The average Bonchev–Trinajstić information content (AvgIpc) is 2.66. The third-order valence-corrected chi connectivity index (χ3v) is 4.07. The lowest BCUT2D eigenvalue weighted by Crippen LogP contribution is -2.64. The molecule has 5 nitrogen and oxygen atoms in total. The summed E-state index contributed by atoms with van der Waals surface area (Å²) in [6.07, 6.45) is 0.983. The summed E-state index contributed by atoms with van der Waals surface area (Å²) >= 11 is 0. The summed E-state index contributed by atoms with van der Waals surface area (Å²) in [6.45, 7) is 7.19. The summed E-state index contributed by atoms with van der Waals surface area (Å²) in [6, 6.07) is 0.152. The van der Waals surface area contributed by atoms with Crippen molar-refractivity contribution in [3.63, 3.8) is 0 Å². The molecule has 0 aromatic rings. The summed E-state index contributed by atoms with van der Waals surface area (Å²) in [5.41, 5.74) is -0.698. The van der Waals surface area contributed by atoms with Gasteiger partial charge >= 0.3 is 0 Å². The number of β-amino-alcohol motifs (C(OH)–C–C–N with tert-alkyl or cyclic N) is 1. The zero-order chi connectivity index (χ0) is 13.5. The van der Waals surface area contributed by atoms with E-state index >= 15 is 0 Å². The van der Waals surface area contributed by atoms with Crippen LogP contribution < -0.4 is 0 Å². The fourth-order valence-corrected chi connectivity index (χ4v) is 2.70. The second kappa shape index (κ2) is 4.53. The smallest absolute Gasteiger partial charge is 0.228 e. The van der Waals surface area contributed by atoms with Crippen LogP contribution in [0.1, 0.15) is 33.6 Å². The first kappa shape index (κ1) is 13.3. The number of hydrogen-bond donors (Lipinski definition) is 1. The van der Waals surface area contributed by atoms with Gasteiger partial charge in [0.25, 0.3) is 0 Å². The van der Waals surface area contributed by atoms with Gasteiger partial charge in [-0.05, 0) is 20.3 Å². The first-order valence-electron chi connectivity index (χ1n) is 6.67. The van der Waals surface area contributed by atoms with Gasteiger partial charge in [-0.2, -0.15) is 0 Å². The second-order valence-electron chi connectivity index (χ2n) is 5.81. The number of aliphatic hydroxyl groups is 1. The molecule has 5 heteroatoms. The van der Waals surface area contributed by atoms with Gasteiger partial charge in [0.05, 0.1) is 24.6 Å². The molecule has 1 unspecified atom stereocenters. The topological polar surface area (TPSA) is 60.9 Å². The largest absolute Gasteiger partial charge is 0.386 e. The van der Waals surface area contributed by atoms with Crippen molar-refractivity contribution in [2.75, 3.05) is 19.6 Å². The van der Waals surface area contributed by atoms with Gasteiger partial charge in [-0.25, -0.2) is 0 Å². The standard InChI is InChI=1S/C13H22N2O3/c1-4-13(18)7-14(8-13)12(17)10-5-11(16)15(6-10)9(2)3/h9-10,18H,4-8H2,1-3H3. The summed E-state index contributed by atoms with van der Waals surface area (Å²) in [5.74, 6) is -0.138. The van der Waals surface area contributed by atoms with E-state index in [2.05, 4.69) is 0 Å². The van der Waals surface area contributed by atoms with Crippen LogP contribution in [0.25, 0.3) is 0 Å². The lowest BCUT2D eigenvalue weighted by atomic mass is 9.89. The lowest BCUT2D eigenvalue weighted by Gasteiger charge is -2.46. The third kappa shape index (κ3) is 2.23. The molecule has 2 rings (SSSR count). The molecule has 18 heavy (non-hydrogen) atoms. The summed E-state index contributed by atoms with van der Waals surface area (Å²) < 4.78 is 0. The monoisotopic (exact) mass is 254 g/mol. The van der Waals surface area contributed by atoms with Crippen LogP contribution in [0.2, 0.25) is 0 Å².